The fourth-order valence-electron chi connectivity index (χ4n) is 1.36. The van der Waals surface area contributed by atoms with Gasteiger partial charge in [0.05, 0.1) is 0 Å². The predicted octanol–water partition coefficient (Wildman–Crippen LogP) is 2.99. The van der Waals surface area contributed by atoms with Crippen molar-refractivity contribution in [3.8, 4) is 11.3 Å². The average Bonchev–Trinajstić information content (AvgIpc) is 2.53. The summed E-state index contributed by atoms with van der Waals surface area (Å²) in [6.07, 6.45) is 1.97. The highest BCUT2D eigenvalue weighted by Crippen LogP contribution is 2.20. The van der Waals surface area contributed by atoms with Crippen LogP contribution in [0.5, 0.6) is 0 Å². The molecule has 12 heavy (non-hydrogen) atoms. The molecule has 2 rings (SSSR count). The second-order valence-corrected chi connectivity index (χ2v) is 2.90. The lowest BCUT2D eigenvalue weighted by molar-refractivity contribution is 1.38. The summed E-state index contributed by atoms with van der Waals surface area (Å²) in [5.41, 5.74) is 3.76. The quantitative estimate of drug-likeness (QED) is 0.655. The lowest BCUT2D eigenvalue weighted by Gasteiger charge is -1.98. The molecule has 0 amide bonds. The van der Waals surface area contributed by atoms with Crippen LogP contribution in [0.15, 0.2) is 42.6 Å². The van der Waals surface area contributed by atoms with Gasteiger partial charge >= 0.3 is 0 Å². The van der Waals surface area contributed by atoms with E-state index in [4.69, 9.17) is 0 Å². The van der Waals surface area contributed by atoms with Crippen molar-refractivity contribution < 1.29 is 0 Å². The molecule has 0 saturated carbocycles. The molecule has 1 heteroatoms. The molecule has 0 bridgehead atoms. The number of aromatic nitrogens is 1. The third-order valence-corrected chi connectivity index (χ3v) is 2.02. The molecular formula is C11H11N. The van der Waals surface area contributed by atoms with E-state index in [-0.39, 0.29) is 0 Å². The van der Waals surface area contributed by atoms with Gasteiger partial charge in [0.15, 0.2) is 0 Å². The lowest BCUT2D eigenvalue weighted by atomic mass is 10.1. The van der Waals surface area contributed by atoms with Crippen LogP contribution in [0, 0.1) is 6.92 Å². The van der Waals surface area contributed by atoms with Crippen LogP contribution < -0.4 is 0 Å². The van der Waals surface area contributed by atoms with E-state index in [1.54, 1.807) is 0 Å². The number of hydrogen-bond donors (Lipinski definition) is 1. The molecule has 0 fully saturated rings. The summed E-state index contributed by atoms with van der Waals surface area (Å²) in [4.78, 5) is 3.22. The molecule has 1 heterocycles. The van der Waals surface area contributed by atoms with Crippen molar-refractivity contribution in [3.63, 3.8) is 0 Å². The molecule has 2 aromatic rings. The molecule has 60 valence electrons. The largest absolute Gasteiger partial charge is 0.361 e. The molecule has 0 aliphatic rings. The van der Waals surface area contributed by atoms with Gasteiger partial charge in [-0.25, -0.2) is 0 Å². The Balaban J connectivity index is 2.51. The smallest absolute Gasteiger partial charge is 0.0483 e. The van der Waals surface area contributed by atoms with Gasteiger partial charge in [-0.05, 0) is 24.1 Å². The number of aromatic amines is 1. The maximum atomic E-state index is 3.22. The Morgan fingerprint density at radius 3 is 2.33 bits per heavy atom. The molecule has 1 nitrogen and oxygen atoms in total. The van der Waals surface area contributed by atoms with Crippen molar-refractivity contribution >= 4 is 0 Å². The van der Waals surface area contributed by atoms with Crippen molar-refractivity contribution in [3.05, 3.63) is 48.2 Å². The normalized spacial score (nSPS) is 10.1. The molecule has 1 N–H and O–H groups in total. The molecule has 0 aliphatic heterocycles. The minimum absolute atomic E-state index is 1.22. The Morgan fingerprint density at radius 2 is 1.75 bits per heavy atom. The van der Waals surface area contributed by atoms with Crippen LogP contribution in [0.2, 0.25) is 0 Å². The summed E-state index contributed by atoms with van der Waals surface area (Å²) in [6.45, 7) is 2.11. The van der Waals surface area contributed by atoms with E-state index in [0.717, 1.165) is 0 Å². The molecule has 0 spiro atoms. The van der Waals surface area contributed by atoms with E-state index in [1.165, 1.54) is 16.8 Å². The number of benzene rings is 1. The first kappa shape index (κ1) is 7.17. The Bertz CT molecular complexity index is 360. The summed E-state index contributed by atoms with van der Waals surface area (Å²) >= 11 is 0. The second kappa shape index (κ2) is 2.86. The standard InChI is InChI=1S/C11H11N/c1-9-7-8-12-11(9)10-5-3-2-4-6-10/h2-8,12H,1H3. The third-order valence-electron chi connectivity index (χ3n) is 2.02. The van der Waals surface area contributed by atoms with Gasteiger partial charge in [-0.3, -0.25) is 0 Å². The predicted molar refractivity (Wildman–Crippen MR) is 51.0 cm³/mol. The molecule has 0 unspecified atom stereocenters. The average molecular weight is 157 g/mol. The lowest BCUT2D eigenvalue weighted by Crippen LogP contribution is -1.78. The SMILES string of the molecule is Cc1cc[nH]c1-c1ccccc1. The monoisotopic (exact) mass is 157 g/mol. The summed E-state index contributed by atoms with van der Waals surface area (Å²) in [5, 5.41) is 0. The number of rotatable bonds is 1. The van der Waals surface area contributed by atoms with E-state index in [1.807, 2.05) is 12.3 Å². The van der Waals surface area contributed by atoms with Gasteiger partial charge in [-0.1, -0.05) is 30.3 Å². The highest BCUT2D eigenvalue weighted by molar-refractivity contribution is 5.62. The van der Waals surface area contributed by atoms with Crippen molar-refractivity contribution in [1.82, 2.24) is 4.98 Å². The van der Waals surface area contributed by atoms with Gasteiger partial charge in [0.25, 0.3) is 0 Å². The molecule has 0 atom stereocenters. The van der Waals surface area contributed by atoms with Crippen LogP contribution >= 0.6 is 0 Å². The Hall–Kier alpha value is -1.50. The zero-order valence-electron chi connectivity index (χ0n) is 7.04. The van der Waals surface area contributed by atoms with Crippen molar-refractivity contribution in [2.45, 2.75) is 6.92 Å². The van der Waals surface area contributed by atoms with Crippen molar-refractivity contribution in [1.29, 1.82) is 0 Å². The summed E-state index contributed by atoms with van der Waals surface area (Å²) in [7, 11) is 0. The second-order valence-electron chi connectivity index (χ2n) is 2.90. The number of aryl methyl sites for hydroxylation is 1. The Kier molecular flexibility index (Phi) is 1.71. The molecule has 0 aliphatic carbocycles. The van der Waals surface area contributed by atoms with Crippen LogP contribution in [0.3, 0.4) is 0 Å². The van der Waals surface area contributed by atoms with Gasteiger partial charge in [0.2, 0.25) is 0 Å². The number of nitrogens with one attached hydrogen (secondary N) is 1. The van der Waals surface area contributed by atoms with Crippen molar-refractivity contribution in [2.24, 2.45) is 0 Å². The Morgan fingerprint density at radius 1 is 1.00 bits per heavy atom. The van der Waals surface area contributed by atoms with Gasteiger partial charge < -0.3 is 4.98 Å². The van der Waals surface area contributed by atoms with E-state index < -0.39 is 0 Å². The maximum absolute atomic E-state index is 3.22. The minimum Gasteiger partial charge on any atom is -0.361 e. The first-order valence-electron chi connectivity index (χ1n) is 4.07. The van der Waals surface area contributed by atoms with Crippen LogP contribution in [-0.2, 0) is 0 Å². The van der Waals surface area contributed by atoms with Crippen LogP contribution in [0.1, 0.15) is 5.56 Å². The highest BCUT2D eigenvalue weighted by atomic mass is 14.7. The molecule has 1 aromatic heterocycles. The highest BCUT2D eigenvalue weighted by Gasteiger charge is 1.99. The number of hydrogen-bond acceptors (Lipinski definition) is 0. The number of H-pyrrole nitrogens is 1. The van der Waals surface area contributed by atoms with Gasteiger partial charge in [-0.2, -0.15) is 0 Å². The fourth-order valence-corrected chi connectivity index (χ4v) is 1.36. The van der Waals surface area contributed by atoms with E-state index in [9.17, 15) is 0 Å². The molecular weight excluding hydrogens is 146 g/mol. The molecule has 1 aromatic carbocycles. The summed E-state index contributed by atoms with van der Waals surface area (Å²) in [6, 6.07) is 12.4. The molecule has 0 radical (unpaired) electrons. The Labute approximate surface area is 72.1 Å². The van der Waals surface area contributed by atoms with E-state index in [0.29, 0.717) is 0 Å². The minimum atomic E-state index is 1.22. The van der Waals surface area contributed by atoms with Gasteiger partial charge in [0, 0.05) is 11.9 Å². The van der Waals surface area contributed by atoms with Crippen molar-refractivity contribution in [2.75, 3.05) is 0 Å². The zero-order chi connectivity index (χ0) is 8.39. The van der Waals surface area contributed by atoms with Crippen LogP contribution in [0.4, 0.5) is 0 Å². The molecule has 0 saturated heterocycles. The van der Waals surface area contributed by atoms with Gasteiger partial charge in [-0.15, -0.1) is 0 Å². The zero-order valence-corrected chi connectivity index (χ0v) is 7.04. The summed E-state index contributed by atoms with van der Waals surface area (Å²) in [5.74, 6) is 0. The summed E-state index contributed by atoms with van der Waals surface area (Å²) < 4.78 is 0. The maximum Gasteiger partial charge on any atom is 0.0483 e. The topological polar surface area (TPSA) is 15.8 Å². The van der Waals surface area contributed by atoms with Crippen LogP contribution in [-0.4, -0.2) is 4.98 Å². The first-order valence-corrected chi connectivity index (χ1v) is 4.07. The van der Waals surface area contributed by atoms with E-state index >= 15 is 0 Å². The third kappa shape index (κ3) is 1.14. The first-order chi connectivity index (χ1) is 5.88. The van der Waals surface area contributed by atoms with E-state index in [2.05, 4.69) is 42.2 Å². The fraction of sp³-hybridized carbons (Fsp3) is 0.0909. The van der Waals surface area contributed by atoms with Crippen LogP contribution in [0.25, 0.3) is 11.3 Å². The van der Waals surface area contributed by atoms with Gasteiger partial charge in [0.1, 0.15) is 0 Å².